The molecule has 1 aromatic heterocycles. The predicted molar refractivity (Wildman–Crippen MR) is 132 cm³/mol. The van der Waals surface area contributed by atoms with Crippen molar-refractivity contribution in [1.29, 1.82) is 0 Å². The topological polar surface area (TPSA) is 74.2 Å². The Hall–Kier alpha value is -3.32. The van der Waals surface area contributed by atoms with Crippen molar-refractivity contribution >= 4 is 68.6 Å². The number of nitrogens with one attached hydrogen (secondary N) is 2. The van der Waals surface area contributed by atoms with Gasteiger partial charge in [0, 0.05) is 33.5 Å². The van der Waals surface area contributed by atoms with Gasteiger partial charge in [0.1, 0.15) is 0 Å². The van der Waals surface area contributed by atoms with E-state index >= 15 is 0 Å². The Morgan fingerprint density at radius 2 is 1.78 bits per heavy atom. The molecule has 32 heavy (non-hydrogen) atoms. The molecule has 0 spiro atoms. The Balaban J connectivity index is 1.48. The fraction of sp³-hybridized carbons (Fsp3) is 0. The molecule has 4 aromatic rings. The Morgan fingerprint density at radius 3 is 2.53 bits per heavy atom. The number of carbonyl (C=O) groups excluding carboxylic acids is 1. The highest BCUT2D eigenvalue weighted by molar-refractivity contribution is 7.14. The van der Waals surface area contributed by atoms with E-state index in [0.717, 1.165) is 33.3 Å². The van der Waals surface area contributed by atoms with Crippen molar-refractivity contribution in [2.24, 2.45) is 0 Å². The van der Waals surface area contributed by atoms with Crippen LogP contribution < -0.4 is 10.6 Å². The SMILES string of the molecule is O=C1Nc2ccc(-c3csc(Nc4ccccc4)n3)cc2C1=Cc1cc(Cl)c(O)c(Cl)c1. The number of aromatic hydroxyl groups is 1. The second-order valence-corrected chi connectivity index (χ2v) is 8.81. The van der Waals surface area contributed by atoms with E-state index in [1.165, 1.54) is 11.3 Å². The second kappa shape index (κ2) is 8.31. The highest BCUT2D eigenvalue weighted by Gasteiger charge is 2.25. The number of para-hydroxylation sites is 1. The maximum Gasteiger partial charge on any atom is 0.256 e. The molecule has 158 valence electrons. The van der Waals surface area contributed by atoms with Crippen LogP contribution in [0.1, 0.15) is 11.1 Å². The summed E-state index contributed by atoms with van der Waals surface area (Å²) >= 11 is 13.6. The van der Waals surface area contributed by atoms with Gasteiger partial charge < -0.3 is 15.7 Å². The van der Waals surface area contributed by atoms with Crippen molar-refractivity contribution in [2.75, 3.05) is 10.6 Å². The van der Waals surface area contributed by atoms with Crippen LogP contribution in [-0.4, -0.2) is 16.0 Å². The van der Waals surface area contributed by atoms with Crippen LogP contribution in [0.2, 0.25) is 10.0 Å². The maximum atomic E-state index is 12.6. The van der Waals surface area contributed by atoms with Gasteiger partial charge in [0.05, 0.1) is 15.7 Å². The van der Waals surface area contributed by atoms with Gasteiger partial charge in [0.15, 0.2) is 10.9 Å². The monoisotopic (exact) mass is 479 g/mol. The first-order valence-corrected chi connectivity index (χ1v) is 11.2. The van der Waals surface area contributed by atoms with Crippen LogP contribution in [0.3, 0.4) is 0 Å². The van der Waals surface area contributed by atoms with Crippen molar-refractivity contribution in [3.8, 4) is 17.0 Å². The lowest BCUT2D eigenvalue weighted by molar-refractivity contribution is -0.110. The molecule has 0 aliphatic carbocycles. The Morgan fingerprint density at radius 1 is 1.03 bits per heavy atom. The largest absolute Gasteiger partial charge is 0.505 e. The number of fused-ring (bicyclic) bond motifs is 1. The van der Waals surface area contributed by atoms with E-state index in [4.69, 9.17) is 23.2 Å². The van der Waals surface area contributed by atoms with Crippen molar-refractivity contribution in [1.82, 2.24) is 4.98 Å². The standard InChI is InChI=1S/C24H15Cl2N3O2S/c25-18-9-13(10-19(26)22(18)30)8-17-16-11-14(6-7-20(16)28-23(17)31)21-12-32-24(29-21)27-15-4-2-1-3-5-15/h1-12,30H,(H,27,29)(H,28,31). The molecule has 0 saturated heterocycles. The molecule has 0 atom stereocenters. The molecule has 1 amide bonds. The smallest absolute Gasteiger partial charge is 0.256 e. The molecule has 0 radical (unpaired) electrons. The average Bonchev–Trinajstić information content (AvgIpc) is 3.37. The Labute approximate surface area is 198 Å². The minimum Gasteiger partial charge on any atom is -0.505 e. The van der Waals surface area contributed by atoms with Gasteiger partial charge in [0.25, 0.3) is 5.91 Å². The number of hydrogen-bond acceptors (Lipinski definition) is 5. The van der Waals surface area contributed by atoms with E-state index in [1.807, 2.05) is 53.9 Å². The molecule has 1 aliphatic heterocycles. The van der Waals surface area contributed by atoms with Gasteiger partial charge in [-0.1, -0.05) is 47.5 Å². The first-order valence-electron chi connectivity index (χ1n) is 9.61. The van der Waals surface area contributed by atoms with E-state index < -0.39 is 0 Å². The summed E-state index contributed by atoms with van der Waals surface area (Å²) in [5, 5.41) is 19.0. The number of phenols is 1. The van der Waals surface area contributed by atoms with E-state index in [9.17, 15) is 9.90 Å². The van der Waals surface area contributed by atoms with Gasteiger partial charge in [0.2, 0.25) is 0 Å². The number of carbonyl (C=O) groups is 1. The molecular weight excluding hydrogens is 465 g/mol. The summed E-state index contributed by atoms with van der Waals surface area (Å²) < 4.78 is 0. The van der Waals surface area contributed by atoms with E-state index in [0.29, 0.717) is 11.1 Å². The number of rotatable bonds is 4. The quantitative estimate of drug-likeness (QED) is 0.274. The number of anilines is 3. The highest BCUT2D eigenvalue weighted by atomic mass is 35.5. The molecule has 8 heteroatoms. The summed E-state index contributed by atoms with van der Waals surface area (Å²) in [5.41, 5.74) is 5.25. The lowest BCUT2D eigenvalue weighted by atomic mass is 10.0. The first-order chi connectivity index (χ1) is 15.5. The van der Waals surface area contributed by atoms with Gasteiger partial charge in [-0.3, -0.25) is 4.79 Å². The Kier molecular flexibility index (Phi) is 5.35. The number of benzene rings is 3. The zero-order valence-electron chi connectivity index (χ0n) is 16.4. The van der Waals surface area contributed by atoms with Gasteiger partial charge in [-0.15, -0.1) is 11.3 Å². The van der Waals surface area contributed by atoms with Crippen LogP contribution in [-0.2, 0) is 4.79 Å². The van der Waals surface area contributed by atoms with Gasteiger partial charge >= 0.3 is 0 Å². The minimum absolute atomic E-state index is 0.123. The number of halogens is 2. The zero-order chi connectivity index (χ0) is 22.2. The summed E-state index contributed by atoms with van der Waals surface area (Å²) in [5.74, 6) is -0.403. The minimum atomic E-state index is -0.220. The molecule has 2 heterocycles. The molecular formula is C24H15Cl2N3O2S. The van der Waals surface area contributed by atoms with Crippen molar-refractivity contribution in [3.05, 3.63) is 87.2 Å². The highest BCUT2D eigenvalue weighted by Crippen LogP contribution is 2.39. The van der Waals surface area contributed by atoms with Crippen LogP contribution in [0.4, 0.5) is 16.5 Å². The number of aromatic nitrogens is 1. The van der Waals surface area contributed by atoms with Gasteiger partial charge in [-0.25, -0.2) is 4.98 Å². The summed E-state index contributed by atoms with van der Waals surface area (Å²) in [4.78, 5) is 17.3. The molecule has 0 saturated carbocycles. The summed E-state index contributed by atoms with van der Waals surface area (Å²) in [6, 6.07) is 18.7. The number of thiazole rings is 1. The van der Waals surface area contributed by atoms with E-state index in [-0.39, 0.29) is 21.7 Å². The molecule has 3 aromatic carbocycles. The van der Waals surface area contributed by atoms with Crippen LogP contribution in [0.5, 0.6) is 5.75 Å². The van der Waals surface area contributed by atoms with Crippen LogP contribution in [0.25, 0.3) is 22.9 Å². The lowest BCUT2D eigenvalue weighted by Crippen LogP contribution is -2.03. The number of phenolic OH excluding ortho intramolecular Hbond substituents is 1. The first kappa shape index (κ1) is 20.6. The molecule has 1 aliphatic rings. The molecule has 0 unspecified atom stereocenters. The second-order valence-electron chi connectivity index (χ2n) is 7.13. The summed E-state index contributed by atoms with van der Waals surface area (Å²) in [6.45, 7) is 0. The third kappa shape index (κ3) is 3.96. The van der Waals surface area contributed by atoms with E-state index in [2.05, 4.69) is 15.6 Å². The molecule has 0 fully saturated rings. The fourth-order valence-corrected chi connectivity index (χ4v) is 4.68. The average molecular weight is 480 g/mol. The molecule has 0 bridgehead atoms. The van der Waals surface area contributed by atoms with Gasteiger partial charge in [-0.05, 0) is 48.0 Å². The third-order valence-corrected chi connectivity index (χ3v) is 6.31. The van der Waals surface area contributed by atoms with Crippen molar-refractivity contribution in [2.45, 2.75) is 0 Å². The number of hydrogen-bond donors (Lipinski definition) is 3. The van der Waals surface area contributed by atoms with Crippen LogP contribution >= 0.6 is 34.5 Å². The fourth-order valence-electron chi connectivity index (χ4n) is 3.43. The van der Waals surface area contributed by atoms with Crippen LogP contribution in [0, 0.1) is 0 Å². The van der Waals surface area contributed by atoms with Crippen molar-refractivity contribution < 1.29 is 9.90 Å². The van der Waals surface area contributed by atoms with Crippen molar-refractivity contribution in [3.63, 3.8) is 0 Å². The third-order valence-electron chi connectivity index (χ3n) is 4.98. The number of amides is 1. The lowest BCUT2D eigenvalue weighted by Gasteiger charge is -2.05. The normalized spacial score (nSPS) is 13.8. The predicted octanol–water partition coefficient (Wildman–Crippen LogP) is 7.06. The Bertz CT molecular complexity index is 1360. The molecule has 5 rings (SSSR count). The van der Waals surface area contributed by atoms with Crippen LogP contribution in [0.15, 0.2) is 66.0 Å². The van der Waals surface area contributed by atoms with E-state index in [1.54, 1.807) is 18.2 Å². The summed E-state index contributed by atoms with van der Waals surface area (Å²) in [6.07, 6.45) is 1.70. The maximum absolute atomic E-state index is 12.6. The summed E-state index contributed by atoms with van der Waals surface area (Å²) in [7, 11) is 0. The molecule has 5 nitrogen and oxygen atoms in total. The molecule has 3 N–H and O–H groups in total. The zero-order valence-corrected chi connectivity index (χ0v) is 18.7. The number of nitrogens with zero attached hydrogens (tertiary/aromatic N) is 1. The van der Waals surface area contributed by atoms with Gasteiger partial charge in [-0.2, -0.15) is 0 Å².